The first kappa shape index (κ1) is 17.4. The van der Waals surface area contributed by atoms with Crippen LogP contribution in [0.5, 0.6) is 0 Å². The molecule has 1 amide bonds. The average Bonchev–Trinajstić information content (AvgIpc) is 2.39. The van der Waals surface area contributed by atoms with E-state index in [9.17, 15) is 4.79 Å². The second-order valence-electron chi connectivity index (χ2n) is 4.69. The van der Waals surface area contributed by atoms with Crippen molar-refractivity contribution in [2.45, 2.75) is 53.0 Å². The molecule has 0 aromatic carbocycles. The fourth-order valence-electron chi connectivity index (χ4n) is 2.12. The van der Waals surface area contributed by atoms with E-state index in [0.29, 0.717) is 0 Å². The van der Waals surface area contributed by atoms with Gasteiger partial charge < -0.3 is 15.5 Å². The quantitative estimate of drug-likeness (QED) is 0.648. The number of carbonyl (C=O) groups is 1. The summed E-state index contributed by atoms with van der Waals surface area (Å²) in [6.45, 7) is 13.2. The van der Waals surface area contributed by atoms with E-state index in [1.54, 1.807) is 0 Å². The Morgan fingerprint density at radius 1 is 1.06 bits per heavy atom. The second kappa shape index (κ2) is 10.3. The number of rotatable bonds is 10. The predicted octanol–water partition coefficient (Wildman–Crippen LogP) is 1.69. The van der Waals surface area contributed by atoms with Crippen molar-refractivity contribution in [2.75, 3.05) is 32.7 Å². The Balaban J connectivity index is 4.06. The first-order valence-electron chi connectivity index (χ1n) is 7.37. The number of nitrogens with two attached hydrogens (primary N) is 1. The molecule has 0 heterocycles. The molecule has 18 heavy (non-hydrogen) atoms. The maximum absolute atomic E-state index is 12.1. The van der Waals surface area contributed by atoms with Crippen molar-refractivity contribution in [3.63, 3.8) is 0 Å². The highest BCUT2D eigenvalue weighted by Crippen LogP contribution is 2.02. The number of hydrogen-bond acceptors (Lipinski definition) is 3. The molecule has 0 aromatic heterocycles. The Labute approximate surface area is 113 Å². The fourth-order valence-corrected chi connectivity index (χ4v) is 2.12. The van der Waals surface area contributed by atoms with Crippen LogP contribution in [0.1, 0.15) is 47.0 Å². The number of amides is 1. The van der Waals surface area contributed by atoms with E-state index >= 15 is 0 Å². The molecular weight excluding hydrogens is 226 g/mol. The highest BCUT2D eigenvalue weighted by Gasteiger charge is 2.18. The molecule has 4 heteroatoms. The molecule has 1 atom stereocenters. The van der Waals surface area contributed by atoms with E-state index in [1.165, 1.54) is 0 Å². The molecular formula is C14H31N3O. The van der Waals surface area contributed by atoms with Crippen molar-refractivity contribution in [1.82, 2.24) is 9.80 Å². The fraction of sp³-hybridized carbons (Fsp3) is 0.929. The van der Waals surface area contributed by atoms with Gasteiger partial charge in [0.1, 0.15) is 0 Å². The zero-order valence-electron chi connectivity index (χ0n) is 12.6. The van der Waals surface area contributed by atoms with Gasteiger partial charge in [-0.05, 0) is 39.4 Å². The topological polar surface area (TPSA) is 49.6 Å². The molecule has 0 fully saturated rings. The van der Waals surface area contributed by atoms with Crippen molar-refractivity contribution < 1.29 is 4.79 Å². The highest BCUT2D eigenvalue weighted by molar-refractivity contribution is 5.81. The molecule has 108 valence electrons. The van der Waals surface area contributed by atoms with Gasteiger partial charge in [-0.3, -0.25) is 4.79 Å². The lowest BCUT2D eigenvalue weighted by molar-refractivity contribution is -0.132. The normalized spacial score (nSPS) is 12.8. The van der Waals surface area contributed by atoms with Gasteiger partial charge in [0.25, 0.3) is 0 Å². The lowest BCUT2D eigenvalue weighted by Crippen LogP contribution is -2.44. The van der Waals surface area contributed by atoms with Crippen LogP contribution in [0, 0.1) is 0 Å². The Morgan fingerprint density at radius 3 is 2.11 bits per heavy atom. The minimum absolute atomic E-state index is 0.110. The third-order valence-electron chi connectivity index (χ3n) is 3.41. The summed E-state index contributed by atoms with van der Waals surface area (Å²) in [5.41, 5.74) is 5.89. The second-order valence-corrected chi connectivity index (χ2v) is 4.69. The van der Waals surface area contributed by atoms with Gasteiger partial charge >= 0.3 is 0 Å². The molecule has 4 nitrogen and oxygen atoms in total. The van der Waals surface area contributed by atoms with Gasteiger partial charge in [0.05, 0.1) is 6.04 Å². The van der Waals surface area contributed by atoms with E-state index in [4.69, 9.17) is 5.73 Å². The average molecular weight is 257 g/mol. The summed E-state index contributed by atoms with van der Waals surface area (Å²) in [6.07, 6.45) is 2.77. The molecule has 0 aliphatic heterocycles. The van der Waals surface area contributed by atoms with Gasteiger partial charge in [0.2, 0.25) is 5.91 Å². The van der Waals surface area contributed by atoms with E-state index < -0.39 is 0 Å². The summed E-state index contributed by atoms with van der Waals surface area (Å²) in [7, 11) is 0. The van der Waals surface area contributed by atoms with Crippen LogP contribution in [0.25, 0.3) is 0 Å². The molecule has 0 rings (SSSR count). The molecule has 0 radical (unpaired) electrons. The van der Waals surface area contributed by atoms with Crippen LogP contribution >= 0.6 is 0 Å². The van der Waals surface area contributed by atoms with E-state index in [1.807, 2.05) is 11.8 Å². The van der Waals surface area contributed by atoms with Gasteiger partial charge in [0.15, 0.2) is 0 Å². The first-order valence-corrected chi connectivity index (χ1v) is 7.37. The van der Waals surface area contributed by atoms with Gasteiger partial charge in [-0.25, -0.2) is 0 Å². The van der Waals surface area contributed by atoms with Gasteiger partial charge in [0, 0.05) is 13.1 Å². The summed E-state index contributed by atoms with van der Waals surface area (Å²) < 4.78 is 0. The third-order valence-corrected chi connectivity index (χ3v) is 3.41. The largest absolute Gasteiger partial charge is 0.342 e. The lowest BCUT2D eigenvalue weighted by atomic mass is 10.1. The van der Waals surface area contributed by atoms with Crippen molar-refractivity contribution in [2.24, 2.45) is 5.73 Å². The number of nitrogens with zero attached hydrogens (tertiary/aromatic N) is 2. The first-order chi connectivity index (χ1) is 8.60. The van der Waals surface area contributed by atoms with Crippen LogP contribution in [0.4, 0.5) is 0 Å². The summed E-state index contributed by atoms with van der Waals surface area (Å²) in [5.74, 6) is 0.110. The molecule has 0 bridgehead atoms. The van der Waals surface area contributed by atoms with E-state index in [-0.39, 0.29) is 11.9 Å². The standard InChI is InChI=1S/C14H31N3O/c1-5-10-13(15)14(18)17(8-4)12-9-11-16(6-2)7-3/h13H,5-12,15H2,1-4H3/t13-/m1/s1. The van der Waals surface area contributed by atoms with Crippen LogP contribution < -0.4 is 5.73 Å². The number of carbonyl (C=O) groups excluding carboxylic acids is 1. The molecule has 2 N–H and O–H groups in total. The summed E-state index contributed by atoms with van der Waals surface area (Å²) in [5, 5.41) is 0. The van der Waals surface area contributed by atoms with Crippen LogP contribution in [-0.2, 0) is 4.79 Å². The highest BCUT2D eigenvalue weighted by atomic mass is 16.2. The monoisotopic (exact) mass is 257 g/mol. The Hall–Kier alpha value is -0.610. The van der Waals surface area contributed by atoms with Crippen molar-refractivity contribution in [3.05, 3.63) is 0 Å². The Bertz CT molecular complexity index is 217. The number of likely N-dealkylation sites (N-methyl/N-ethyl adjacent to an activating group) is 1. The molecule has 0 spiro atoms. The SMILES string of the molecule is CCC[C@@H](N)C(=O)N(CC)CCCN(CC)CC. The Kier molecular flexibility index (Phi) is 9.98. The Morgan fingerprint density at radius 2 is 1.67 bits per heavy atom. The van der Waals surface area contributed by atoms with Crippen LogP contribution in [0.15, 0.2) is 0 Å². The molecule has 0 saturated carbocycles. The smallest absolute Gasteiger partial charge is 0.239 e. The van der Waals surface area contributed by atoms with Crippen LogP contribution in [-0.4, -0.2) is 54.5 Å². The minimum atomic E-state index is -0.316. The van der Waals surface area contributed by atoms with Gasteiger partial charge in [-0.2, -0.15) is 0 Å². The van der Waals surface area contributed by atoms with Crippen LogP contribution in [0.2, 0.25) is 0 Å². The molecule has 0 unspecified atom stereocenters. The zero-order valence-corrected chi connectivity index (χ0v) is 12.6. The maximum Gasteiger partial charge on any atom is 0.239 e. The van der Waals surface area contributed by atoms with E-state index in [2.05, 4.69) is 25.7 Å². The molecule has 0 aliphatic rings. The van der Waals surface area contributed by atoms with Gasteiger partial charge in [-0.15, -0.1) is 0 Å². The summed E-state index contributed by atoms with van der Waals surface area (Å²) in [4.78, 5) is 16.3. The molecule has 0 saturated heterocycles. The van der Waals surface area contributed by atoms with E-state index in [0.717, 1.165) is 52.0 Å². The zero-order chi connectivity index (χ0) is 14.0. The lowest BCUT2D eigenvalue weighted by Gasteiger charge is -2.26. The van der Waals surface area contributed by atoms with Gasteiger partial charge in [-0.1, -0.05) is 27.2 Å². The minimum Gasteiger partial charge on any atom is -0.342 e. The third kappa shape index (κ3) is 6.36. The number of hydrogen-bond donors (Lipinski definition) is 1. The van der Waals surface area contributed by atoms with Crippen molar-refractivity contribution >= 4 is 5.91 Å². The summed E-state index contributed by atoms with van der Waals surface area (Å²) >= 11 is 0. The van der Waals surface area contributed by atoms with Crippen molar-refractivity contribution in [1.29, 1.82) is 0 Å². The predicted molar refractivity (Wildman–Crippen MR) is 77.5 cm³/mol. The molecule has 0 aliphatic carbocycles. The molecule has 0 aromatic rings. The maximum atomic E-state index is 12.1. The summed E-state index contributed by atoms with van der Waals surface area (Å²) in [6, 6.07) is -0.316. The van der Waals surface area contributed by atoms with Crippen LogP contribution in [0.3, 0.4) is 0 Å². The van der Waals surface area contributed by atoms with Crippen molar-refractivity contribution in [3.8, 4) is 0 Å².